The molecule has 1 amide bonds. The summed E-state index contributed by atoms with van der Waals surface area (Å²) in [5, 5.41) is 14.2. The van der Waals surface area contributed by atoms with Crippen LogP contribution in [0.3, 0.4) is 0 Å². The number of amides is 1. The van der Waals surface area contributed by atoms with E-state index in [1.54, 1.807) is 13.8 Å². The molecule has 154 valence electrons. The highest BCUT2D eigenvalue weighted by atomic mass is 35.5. The lowest BCUT2D eigenvalue weighted by atomic mass is 9.88. The number of rotatable bonds is 5. The van der Waals surface area contributed by atoms with Gasteiger partial charge in [0.2, 0.25) is 0 Å². The van der Waals surface area contributed by atoms with Gasteiger partial charge in [-0.15, -0.1) is 11.3 Å². The van der Waals surface area contributed by atoms with E-state index in [1.165, 1.54) is 23.5 Å². The number of nitrogens with zero attached hydrogens (tertiary/aromatic N) is 1. The van der Waals surface area contributed by atoms with Gasteiger partial charge in [0.1, 0.15) is 10.0 Å². The van der Waals surface area contributed by atoms with Gasteiger partial charge >= 0.3 is 5.97 Å². The maximum absolute atomic E-state index is 12.8. The van der Waals surface area contributed by atoms with Crippen LogP contribution in [-0.2, 0) is 17.6 Å². The molecule has 2 aromatic rings. The zero-order chi connectivity index (χ0) is 21.3. The predicted octanol–water partition coefficient (Wildman–Crippen LogP) is 5.25. The lowest BCUT2D eigenvalue weighted by molar-refractivity contribution is -0.384. The van der Waals surface area contributed by atoms with Crippen molar-refractivity contribution in [1.82, 2.24) is 0 Å². The number of hydrogen-bond acceptors (Lipinski definition) is 6. The Morgan fingerprint density at radius 1 is 1.38 bits per heavy atom. The summed E-state index contributed by atoms with van der Waals surface area (Å²) in [6.07, 6.45) is 2.26. The van der Waals surface area contributed by atoms with Crippen LogP contribution in [0.1, 0.15) is 58.3 Å². The van der Waals surface area contributed by atoms with Crippen molar-refractivity contribution >= 4 is 45.5 Å². The third kappa shape index (κ3) is 4.59. The van der Waals surface area contributed by atoms with Crippen LogP contribution in [0.2, 0.25) is 5.02 Å². The molecule has 1 aromatic carbocycles. The summed E-state index contributed by atoms with van der Waals surface area (Å²) in [6, 6.07) is 3.84. The fourth-order valence-electron chi connectivity index (χ4n) is 3.30. The molecule has 0 unspecified atom stereocenters. The Morgan fingerprint density at radius 3 is 2.76 bits per heavy atom. The van der Waals surface area contributed by atoms with Crippen molar-refractivity contribution in [2.24, 2.45) is 5.92 Å². The fourth-order valence-corrected chi connectivity index (χ4v) is 4.88. The number of benzene rings is 1. The van der Waals surface area contributed by atoms with E-state index in [0.29, 0.717) is 16.5 Å². The smallest absolute Gasteiger partial charge is 0.341 e. The highest BCUT2D eigenvalue weighted by Gasteiger charge is 2.30. The van der Waals surface area contributed by atoms with Gasteiger partial charge in [-0.3, -0.25) is 14.9 Å². The average Bonchev–Trinajstić information content (AvgIpc) is 2.97. The monoisotopic (exact) mass is 436 g/mol. The molecule has 0 spiro atoms. The summed E-state index contributed by atoms with van der Waals surface area (Å²) in [7, 11) is 0. The van der Waals surface area contributed by atoms with Crippen LogP contribution in [0.5, 0.6) is 0 Å². The standard InChI is InChI=1S/C20H21ClN2O5S/c1-10(2)28-20(25)17-13-6-4-11(3)8-16(13)29-19(17)22-18(24)12-5-7-14(21)15(9-12)23(26)27/h5,7,9-11H,4,6,8H2,1-3H3,(H,22,24)/t11-/m0/s1. The number of thiophene rings is 1. The van der Waals surface area contributed by atoms with Crippen LogP contribution in [0, 0.1) is 16.0 Å². The van der Waals surface area contributed by atoms with E-state index in [2.05, 4.69) is 12.2 Å². The van der Waals surface area contributed by atoms with Crippen molar-refractivity contribution in [1.29, 1.82) is 0 Å². The van der Waals surface area contributed by atoms with Gasteiger partial charge in [-0.2, -0.15) is 0 Å². The zero-order valence-electron chi connectivity index (χ0n) is 16.3. The number of fused-ring (bicyclic) bond motifs is 1. The lowest BCUT2D eigenvalue weighted by Crippen LogP contribution is -2.18. The van der Waals surface area contributed by atoms with Crippen molar-refractivity contribution in [2.45, 2.75) is 46.1 Å². The van der Waals surface area contributed by atoms with Crippen molar-refractivity contribution in [3.8, 4) is 0 Å². The van der Waals surface area contributed by atoms with Crippen LogP contribution in [0.25, 0.3) is 0 Å². The van der Waals surface area contributed by atoms with E-state index in [9.17, 15) is 19.7 Å². The Hall–Kier alpha value is -2.45. The molecule has 0 aliphatic heterocycles. The van der Waals surface area contributed by atoms with Gasteiger partial charge in [0.25, 0.3) is 11.6 Å². The number of carbonyl (C=O) groups is 2. The number of nitrogens with one attached hydrogen (secondary N) is 1. The minimum Gasteiger partial charge on any atom is -0.459 e. The summed E-state index contributed by atoms with van der Waals surface area (Å²) in [5.74, 6) is -0.517. The molecule has 3 rings (SSSR count). The molecule has 1 atom stereocenters. The molecule has 0 saturated heterocycles. The van der Waals surface area contributed by atoms with E-state index in [-0.39, 0.29) is 22.4 Å². The Morgan fingerprint density at radius 2 is 2.10 bits per heavy atom. The number of hydrogen-bond donors (Lipinski definition) is 1. The third-order valence-electron chi connectivity index (χ3n) is 4.69. The summed E-state index contributed by atoms with van der Waals surface area (Å²) in [5.41, 5.74) is 1.06. The second kappa shape index (κ2) is 8.51. The molecular formula is C20H21ClN2O5S. The highest BCUT2D eigenvalue weighted by molar-refractivity contribution is 7.17. The van der Waals surface area contributed by atoms with Gasteiger partial charge in [-0.05, 0) is 56.7 Å². The molecule has 1 aromatic heterocycles. The predicted molar refractivity (Wildman–Crippen MR) is 112 cm³/mol. The summed E-state index contributed by atoms with van der Waals surface area (Å²) < 4.78 is 5.39. The van der Waals surface area contributed by atoms with Crippen LogP contribution in [-0.4, -0.2) is 22.9 Å². The molecule has 1 N–H and O–H groups in total. The summed E-state index contributed by atoms with van der Waals surface area (Å²) in [4.78, 5) is 37.0. The lowest BCUT2D eigenvalue weighted by Gasteiger charge is -2.18. The second-order valence-electron chi connectivity index (χ2n) is 7.39. The molecule has 1 heterocycles. The van der Waals surface area contributed by atoms with Crippen molar-refractivity contribution in [3.63, 3.8) is 0 Å². The summed E-state index contributed by atoms with van der Waals surface area (Å²) >= 11 is 7.19. The van der Waals surface area contributed by atoms with Gasteiger partial charge in [0.15, 0.2) is 0 Å². The average molecular weight is 437 g/mol. The third-order valence-corrected chi connectivity index (χ3v) is 6.18. The van der Waals surface area contributed by atoms with Gasteiger partial charge in [-0.1, -0.05) is 18.5 Å². The quantitative estimate of drug-likeness (QED) is 0.392. The van der Waals surface area contributed by atoms with Crippen molar-refractivity contribution in [3.05, 3.63) is 54.9 Å². The first-order chi connectivity index (χ1) is 13.7. The largest absolute Gasteiger partial charge is 0.459 e. The SMILES string of the molecule is CC(C)OC(=O)c1c(NC(=O)c2ccc(Cl)c([N+](=O)[O-])c2)sc2c1CC[C@H](C)C2. The minimum atomic E-state index is -0.643. The van der Waals surface area contributed by atoms with Crippen LogP contribution >= 0.6 is 22.9 Å². The number of halogens is 1. The van der Waals surface area contributed by atoms with E-state index >= 15 is 0 Å². The maximum Gasteiger partial charge on any atom is 0.341 e. The number of nitro groups is 1. The van der Waals surface area contributed by atoms with Crippen molar-refractivity contribution < 1.29 is 19.2 Å². The first-order valence-electron chi connectivity index (χ1n) is 9.28. The summed E-state index contributed by atoms with van der Waals surface area (Å²) in [6.45, 7) is 5.69. The van der Waals surface area contributed by atoms with Gasteiger partial charge in [0.05, 0.1) is 16.6 Å². The molecule has 7 nitrogen and oxygen atoms in total. The van der Waals surface area contributed by atoms with Gasteiger partial charge in [0, 0.05) is 16.5 Å². The number of anilines is 1. The zero-order valence-corrected chi connectivity index (χ0v) is 17.9. The van der Waals surface area contributed by atoms with Crippen LogP contribution in [0.4, 0.5) is 10.7 Å². The van der Waals surface area contributed by atoms with Crippen LogP contribution in [0.15, 0.2) is 18.2 Å². The Bertz CT molecular complexity index is 985. The molecular weight excluding hydrogens is 416 g/mol. The van der Waals surface area contributed by atoms with Gasteiger partial charge in [-0.25, -0.2) is 4.79 Å². The normalized spacial score (nSPS) is 15.7. The molecule has 0 fully saturated rings. The number of esters is 1. The van der Waals surface area contributed by atoms with E-state index in [1.807, 2.05) is 0 Å². The number of carbonyl (C=O) groups excluding carboxylic acids is 2. The second-order valence-corrected chi connectivity index (χ2v) is 8.90. The van der Waals surface area contributed by atoms with Gasteiger partial charge < -0.3 is 10.1 Å². The topological polar surface area (TPSA) is 98.5 Å². The molecule has 9 heteroatoms. The van der Waals surface area contributed by atoms with Crippen LogP contribution < -0.4 is 5.32 Å². The number of ether oxygens (including phenoxy) is 1. The molecule has 0 bridgehead atoms. The molecule has 0 saturated carbocycles. The molecule has 1 aliphatic rings. The highest BCUT2D eigenvalue weighted by Crippen LogP contribution is 2.40. The first kappa shape index (κ1) is 21.3. The number of nitro benzene ring substituents is 1. The maximum atomic E-state index is 12.8. The molecule has 29 heavy (non-hydrogen) atoms. The molecule has 0 radical (unpaired) electrons. The van der Waals surface area contributed by atoms with Crippen molar-refractivity contribution in [2.75, 3.05) is 5.32 Å². The Kier molecular flexibility index (Phi) is 6.24. The minimum absolute atomic E-state index is 0.0478. The molecule has 1 aliphatic carbocycles. The van der Waals surface area contributed by atoms with E-state index < -0.39 is 16.8 Å². The first-order valence-corrected chi connectivity index (χ1v) is 10.5. The van der Waals surface area contributed by atoms with E-state index in [0.717, 1.165) is 35.8 Å². The fraction of sp³-hybridized carbons (Fsp3) is 0.400. The Labute approximate surface area is 177 Å². The van der Waals surface area contributed by atoms with E-state index in [4.69, 9.17) is 16.3 Å². The Balaban J connectivity index is 1.96.